The molecule has 6 heteroatoms. The van der Waals surface area contributed by atoms with Gasteiger partial charge in [-0.3, -0.25) is 4.79 Å². The third-order valence-corrected chi connectivity index (χ3v) is 5.12. The van der Waals surface area contributed by atoms with E-state index in [1.165, 1.54) is 11.3 Å². The first-order valence-electron chi connectivity index (χ1n) is 6.93. The molecule has 21 heavy (non-hydrogen) atoms. The van der Waals surface area contributed by atoms with Gasteiger partial charge in [-0.2, -0.15) is 0 Å². The quantitative estimate of drug-likeness (QED) is 0.867. The molecule has 3 rings (SSSR count). The summed E-state index contributed by atoms with van der Waals surface area (Å²) in [5.74, 6) is 0. The van der Waals surface area contributed by atoms with Crippen molar-refractivity contribution in [2.75, 3.05) is 0 Å². The molecule has 0 atom stereocenters. The highest BCUT2D eigenvalue weighted by molar-refractivity contribution is 7.12. The van der Waals surface area contributed by atoms with Crippen LogP contribution in [0.4, 0.5) is 0 Å². The van der Waals surface area contributed by atoms with Gasteiger partial charge in [0.15, 0.2) is 0 Å². The summed E-state index contributed by atoms with van der Waals surface area (Å²) in [4.78, 5) is 14.8. The van der Waals surface area contributed by atoms with Gasteiger partial charge in [-0.05, 0) is 38.7 Å². The summed E-state index contributed by atoms with van der Waals surface area (Å²) < 4.78 is 12.0. The molecule has 0 bridgehead atoms. The highest BCUT2D eigenvalue weighted by atomic mass is 32.1. The minimum atomic E-state index is -0.353. The van der Waals surface area contributed by atoms with Gasteiger partial charge in [-0.1, -0.05) is 35.6 Å². The second-order valence-electron chi connectivity index (χ2n) is 6.25. The van der Waals surface area contributed by atoms with E-state index in [9.17, 15) is 4.79 Å². The van der Waals surface area contributed by atoms with E-state index in [-0.39, 0.29) is 23.2 Å². The van der Waals surface area contributed by atoms with Crippen LogP contribution in [0.15, 0.2) is 35.3 Å². The minimum absolute atomic E-state index is 0.0416. The molecule has 1 aliphatic heterocycles. The summed E-state index contributed by atoms with van der Waals surface area (Å²) in [6, 6.07) is 7.95. The number of aromatic amines is 1. The molecule has 0 unspecified atom stereocenters. The van der Waals surface area contributed by atoms with Crippen molar-refractivity contribution in [2.24, 2.45) is 0 Å². The SMILES string of the molecule is CC1(C)OB(c2ccc(-c3c[nH]c(=O)s3)cc2)OC1(C)C. The van der Waals surface area contributed by atoms with Gasteiger partial charge < -0.3 is 14.3 Å². The number of nitrogens with one attached hydrogen (secondary N) is 1. The molecule has 1 aromatic heterocycles. The molecule has 1 N–H and O–H groups in total. The number of benzene rings is 1. The van der Waals surface area contributed by atoms with Crippen molar-refractivity contribution in [3.8, 4) is 10.4 Å². The largest absolute Gasteiger partial charge is 0.494 e. The molecule has 0 amide bonds. The maximum absolute atomic E-state index is 11.2. The van der Waals surface area contributed by atoms with E-state index in [1.807, 2.05) is 52.0 Å². The number of hydrogen-bond donors (Lipinski definition) is 1. The molecule has 110 valence electrons. The van der Waals surface area contributed by atoms with Crippen LogP contribution >= 0.6 is 11.3 Å². The topological polar surface area (TPSA) is 51.3 Å². The average Bonchev–Trinajstić information content (AvgIpc) is 2.92. The third-order valence-electron chi connectivity index (χ3n) is 4.24. The number of hydrogen-bond acceptors (Lipinski definition) is 4. The molecular formula is C15H18BNO3S. The number of rotatable bonds is 2. The Morgan fingerprint density at radius 1 is 1.05 bits per heavy atom. The maximum Gasteiger partial charge on any atom is 0.494 e. The zero-order chi connectivity index (χ0) is 15.3. The smallest absolute Gasteiger partial charge is 0.399 e. The summed E-state index contributed by atoms with van der Waals surface area (Å²) in [6.07, 6.45) is 1.73. The molecule has 2 heterocycles. The molecule has 2 aromatic rings. The maximum atomic E-state index is 11.2. The van der Waals surface area contributed by atoms with Crippen molar-refractivity contribution < 1.29 is 9.31 Å². The zero-order valence-corrected chi connectivity index (χ0v) is 13.4. The van der Waals surface area contributed by atoms with Crippen LogP contribution in [0.25, 0.3) is 10.4 Å². The zero-order valence-electron chi connectivity index (χ0n) is 12.6. The Balaban J connectivity index is 1.84. The van der Waals surface area contributed by atoms with Gasteiger partial charge in [0, 0.05) is 6.20 Å². The van der Waals surface area contributed by atoms with Gasteiger partial charge in [0.2, 0.25) is 0 Å². The van der Waals surface area contributed by atoms with Crippen molar-refractivity contribution in [3.63, 3.8) is 0 Å². The molecule has 1 aliphatic rings. The van der Waals surface area contributed by atoms with Crippen LogP contribution in [0.2, 0.25) is 0 Å². The third kappa shape index (κ3) is 2.59. The van der Waals surface area contributed by atoms with Gasteiger partial charge in [-0.15, -0.1) is 0 Å². The van der Waals surface area contributed by atoms with Crippen LogP contribution in [0.5, 0.6) is 0 Å². The monoisotopic (exact) mass is 303 g/mol. The van der Waals surface area contributed by atoms with E-state index in [0.717, 1.165) is 15.9 Å². The highest BCUT2D eigenvalue weighted by Crippen LogP contribution is 2.36. The van der Waals surface area contributed by atoms with Gasteiger partial charge in [0.25, 0.3) is 0 Å². The Morgan fingerprint density at radius 3 is 2.10 bits per heavy atom. The first kappa shape index (κ1) is 14.6. The van der Waals surface area contributed by atoms with E-state index in [4.69, 9.17) is 9.31 Å². The number of H-pyrrole nitrogens is 1. The van der Waals surface area contributed by atoms with Crippen LogP contribution in [0, 0.1) is 0 Å². The van der Waals surface area contributed by atoms with E-state index < -0.39 is 0 Å². The van der Waals surface area contributed by atoms with E-state index >= 15 is 0 Å². The van der Waals surface area contributed by atoms with Crippen LogP contribution in [-0.2, 0) is 9.31 Å². The molecule has 0 saturated carbocycles. The Bertz CT molecular complexity index is 686. The summed E-state index contributed by atoms with van der Waals surface area (Å²) in [6.45, 7) is 8.16. The summed E-state index contributed by atoms with van der Waals surface area (Å²) in [5.41, 5.74) is 1.33. The predicted molar refractivity (Wildman–Crippen MR) is 86.1 cm³/mol. The highest BCUT2D eigenvalue weighted by Gasteiger charge is 2.51. The molecule has 1 aromatic carbocycles. The second kappa shape index (κ2) is 4.83. The molecular weight excluding hydrogens is 285 g/mol. The number of aromatic nitrogens is 1. The van der Waals surface area contributed by atoms with Crippen LogP contribution in [-0.4, -0.2) is 23.3 Å². The summed E-state index contributed by atoms with van der Waals surface area (Å²) in [7, 11) is -0.353. The first-order chi connectivity index (χ1) is 9.78. The van der Waals surface area contributed by atoms with Gasteiger partial charge in [-0.25, -0.2) is 0 Å². The standard InChI is InChI=1S/C15H18BNO3S/c1-14(2)15(3,4)20-16(19-14)11-7-5-10(6-8-11)12-9-17-13(18)21-12/h5-9H,1-4H3,(H,17,18). The Labute approximate surface area is 128 Å². The molecule has 0 spiro atoms. The van der Waals surface area contributed by atoms with Crippen LogP contribution in [0.3, 0.4) is 0 Å². The average molecular weight is 303 g/mol. The molecule has 1 saturated heterocycles. The fourth-order valence-corrected chi connectivity index (χ4v) is 2.90. The fraction of sp³-hybridized carbons (Fsp3) is 0.400. The number of thiazole rings is 1. The van der Waals surface area contributed by atoms with Gasteiger partial charge in [0.05, 0.1) is 16.1 Å². The lowest BCUT2D eigenvalue weighted by atomic mass is 9.79. The van der Waals surface area contributed by atoms with Gasteiger partial charge in [0.1, 0.15) is 0 Å². The molecule has 4 nitrogen and oxygen atoms in total. The van der Waals surface area contributed by atoms with Crippen molar-refractivity contribution in [1.29, 1.82) is 0 Å². The molecule has 0 radical (unpaired) electrons. The van der Waals surface area contributed by atoms with Gasteiger partial charge >= 0.3 is 12.0 Å². The Morgan fingerprint density at radius 2 is 1.62 bits per heavy atom. The van der Waals surface area contributed by atoms with E-state index in [0.29, 0.717) is 0 Å². The second-order valence-corrected chi connectivity index (χ2v) is 7.27. The minimum Gasteiger partial charge on any atom is -0.399 e. The lowest BCUT2D eigenvalue weighted by Gasteiger charge is -2.32. The summed E-state index contributed by atoms with van der Waals surface area (Å²) >= 11 is 1.20. The Kier molecular flexibility index (Phi) is 3.35. The van der Waals surface area contributed by atoms with Crippen molar-refractivity contribution in [3.05, 3.63) is 40.1 Å². The van der Waals surface area contributed by atoms with Crippen molar-refractivity contribution >= 4 is 23.9 Å². The van der Waals surface area contributed by atoms with Crippen LogP contribution < -0.4 is 10.3 Å². The lowest BCUT2D eigenvalue weighted by Crippen LogP contribution is -2.41. The normalized spacial score (nSPS) is 19.9. The van der Waals surface area contributed by atoms with Crippen molar-refractivity contribution in [2.45, 2.75) is 38.9 Å². The van der Waals surface area contributed by atoms with E-state index in [2.05, 4.69) is 4.98 Å². The molecule has 0 aliphatic carbocycles. The van der Waals surface area contributed by atoms with Crippen LogP contribution in [0.1, 0.15) is 27.7 Å². The Hall–Kier alpha value is -1.37. The van der Waals surface area contributed by atoms with E-state index in [1.54, 1.807) is 6.20 Å². The van der Waals surface area contributed by atoms with Crippen molar-refractivity contribution in [1.82, 2.24) is 4.98 Å². The molecule has 1 fully saturated rings. The summed E-state index contributed by atoms with van der Waals surface area (Å²) in [5, 5.41) is 0. The predicted octanol–water partition coefficient (Wildman–Crippen LogP) is 2.40. The first-order valence-corrected chi connectivity index (χ1v) is 7.75. The lowest BCUT2D eigenvalue weighted by molar-refractivity contribution is 0.00578. The fourth-order valence-electron chi connectivity index (χ4n) is 2.21.